The molecular formula is C26H37NO5. The van der Waals surface area contributed by atoms with Gasteiger partial charge in [0.2, 0.25) is 0 Å². The van der Waals surface area contributed by atoms with Crippen LogP contribution in [0.2, 0.25) is 0 Å². The molecule has 2 saturated carbocycles. The molecule has 2 saturated heterocycles. The number of aromatic hydroxyl groups is 1. The van der Waals surface area contributed by atoms with E-state index in [2.05, 4.69) is 11.8 Å². The van der Waals surface area contributed by atoms with Crippen molar-refractivity contribution in [2.45, 2.75) is 76.0 Å². The number of carbonyl (C=O) groups is 1. The Balaban J connectivity index is 1.33. The van der Waals surface area contributed by atoms with E-state index in [1.165, 1.54) is 26.4 Å². The van der Waals surface area contributed by atoms with Crippen molar-refractivity contribution in [2.24, 2.45) is 23.7 Å². The smallest absolute Gasteiger partial charge is 0.306 e. The minimum atomic E-state index is -0.559. The fourth-order valence-corrected chi connectivity index (χ4v) is 7.86. The van der Waals surface area contributed by atoms with Crippen molar-refractivity contribution < 1.29 is 24.5 Å². The van der Waals surface area contributed by atoms with Crippen molar-refractivity contribution >= 4 is 5.97 Å². The number of ether oxygens (including phenoxy) is 2. The maximum Gasteiger partial charge on any atom is 0.306 e. The van der Waals surface area contributed by atoms with Gasteiger partial charge in [-0.15, -0.1) is 0 Å². The third-order valence-electron chi connectivity index (χ3n) is 8.93. The predicted octanol–water partition coefficient (Wildman–Crippen LogP) is 3.53. The number of carbonyl (C=O) groups excluding carboxylic acids is 1. The van der Waals surface area contributed by atoms with Gasteiger partial charge in [0.05, 0.1) is 13.2 Å². The maximum atomic E-state index is 12.9. The molecule has 4 aliphatic rings. The Hall–Kier alpha value is -1.79. The number of esters is 1. The molecule has 1 spiro atoms. The SMILES string of the molecule is COc1cc(CCC(=O)O[C@@H]2[C@@H](O)[C@@H]3C[C@@H](C)C[C@]45[C@@H]3CCCN4CCC[C@H]25)ccc1O. The van der Waals surface area contributed by atoms with Gasteiger partial charge in [0.15, 0.2) is 11.5 Å². The minimum absolute atomic E-state index is 0.0908. The Morgan fingerprint density at radius 3 is 2.72 bits per heavy atom. The molecule has 6 heteroatoms. The molecule has 2 bridgehead atoms. The van der Waals surface area contributed by atoms with Crippen molar-refractivity contribution in [3.05, 3.63) is 23.8 Å². The Labute approximate surface area is 190 Å². The van der Waals surface area contributed by atoms with Gasteiger partial charge >= 0.3 is 5.97 Å². The van der Waals surface area contributed by atoms with E-state index in [1.807, 2.05) is 0 Å². The summed E-state index contributed by atoms with van der Waals surface area (Å²) >= 11 is 0. The number of rotatable bonds is 5. The number of phenolic OH excluding ortho intramolecular Hbond substituents is 1. The standard InChI is InChI=1S/C26H37NO5/c1-16-13-18-19-5-3-11-27-12-4-6-20(26(19,27)15-16)25(24(18)30)32-23(29)10-8-17-7-9-21(28)22(14-17)31-2/h7,9,14,16,18-20,24-25,28,30H,3-6,8,10-13,15H2,1-2H3/t16-,18-,19-,20-,24+,25+,26-/m1/s1. The number of aryl methyl sites for hydroxylation is 1. The van der Waals surface area contributed by atoms with Gasteiger partial charge in [0.25, 0.3) is 0 Å². The monoisotopic (exact) mass is 443 g/mol. The van der Waals surface area contributed by atoms with Crippen molar-refractivity contribution in [3.8, 4) is 11.5 Å². The van der Waals surface area contributed by atoms with Crippen LogP contribution in [-0.2, 0) is 16.0 Å². The maximum absolute atomic E-state index is 12.9. The molecule has 7 atom stereocenters. The van der Waals surface area contributed by atoms with E-state index in [0.29, 0.717) is 24.0 Å². The summed E-state index contributed by atoms with van der Waals surface area (Å²) in [7, 11) is 1.51. The quantitative estimate of drug-likeness (QED) is 0.678. The minimum Gasteiger partial charge on any atom is -0.504 e. The molecule has 2 N–H and O–H groups in total. The van der Waals surface area contributed by atoms with Crippen molar-refractivity contribution in [1.29, 1.82) is 0 Å². The van der Waals surface area contributed by atoms with Crippen LogP contribution in [0.5, 0.6) is 11.5 Å². The summed E-state index contributed by atoms with van der Waals surface area (Å²) in [5.41, 5.74) is 1.02. The highest BCUT2D eigenvalue weighted by Crippen LogP contribution is 2.61. The molecule has 176 valence electrons. The molecule has 2 heterocycles. The first-order valence-electron chi connectivity index (χ1n) is 12.4. The predicted molar refractivity (Wildman–Crippen MR) is 121 cm³/mol. The number of nitrogens with zero attached hydrogens (tertiary/aromatic N) is 1. The van der Waals surface area contributed by atoms with Crippen molar-refractivity contribution in [3.63, 3.8) is 0 Å². The number of aliphatic hydroxyl groups excluding tert-OH is 1. The van der Waals surface area contributed by atoms with Gasteiger partial charge in [-0.05, 0) is 93.5 Å². The molecule has 6 nitrogen and oxygen atoms in total. The zero-order chi connectivity index (χ0) is 22.5. The van der Waals surface area contributed by atoms with Gasteiger partial charge in [-0.1, -0.05) is 13.0 Å². The molecule has 0 radical (unpaired) electrons. The van der Waals surface area contributed by atoms with Gasteiger partial charge in [0.1, 0.15) is 6.10 Å². The second-order valence-corrected chi connectivity index (χ2v) is 10.6. The molecular weight excluding hydrogens is 406 g/mol. The zero-order valence-corrected chi connectivity index (χ0v) is 19.3. The van der Waals surface area contributed by atoms with E-state index in [-0.39, 0.29) is 35.5 Å². The highest BCUT2D eigenvalue weighted by Gasteiger charge is 2.65. The number of hydrogen-bond donors (Lipinski definition) is 2. The second kappa shape index (κ2) is 8.53. The molecule has 0 unspecified atom stereocenters. The largest absolute Gasteiger partial charge is 0.504 e. The van der Waals surface area contributed by atoms with Crippen molar-refractivity contribution in [1.82, 2.24) is 4.90 Å². The molecule has 4 fully saturated rings. The summed E-state index contributed by atoms with van der Waals surface area (Å²) in [6, 6.07) is 5.15. The van der Waals surface area contributed by atoms with E-state index in [1.54, 1.807) is 18.2 Å². The molecule has 5 rings (SSSR count). The van der Waals surface area contributed by atoms with Crippen LogP contribution in [0.3, 0.4) is 0 Å². The van der Waals surface area contributed by atoms with E-state index in [9.17, 15) is 15.0 Å². The molecule has 2 aliphatic heterocycles. The highest BCUT2D eigenvalue weighted by atomic mass is 16.6. The molecule has 2 aliphatic carbocycles. The van der Waals surface area contributed by atoms with Gasteiger partial charge < -0.3 is 19.7 Å². The lowest BCUT2D eigenvalue weighted by atomic mass is 9.47. The number of benzene rings is 1. The third-order valence-corrected chi connectivity index (χ3v) is 8.93. The van der Waals surface area contributed by atoms with Gasteiger partial charge in [-0.25, -0.2) is 0 Å². The van der Waals surface area contributed by atoms with E-state index < -0.39 is 12.2 Å². The van der Waals surface area contributed by atoms with Crippen LogP contribution >= 0.6 is 0 Å². The number of methoxy groups -OCH3 is 1. The Morgan fingerprint density at radius 2 is 1.97 bits per heavy atom. The summed E-state index contributed by atoms with van der Waals surface area (Å²) in [6.45, 7) is 4.62. The fraction of sp³-hybridized carbons (Fsp3) is 0.731. The van der Waals surface area contributed by atoms with E-state index >= 15 is 0 Å². The number of aliphatic hydroxyl groups is 1. The first-order valence-corrected chi connectivity index (χ1v) is 12.4. The van der Waals surface area contributed by atoms with Gasteiger partial charge in [0, 0.05) is 17.9 Å². The summed E-state index contributed by atoms with van der Waals surface area (Å²) in [5, 5.41) is 21.2. The van der Waals surface area contributed by atoms with Crippen LogP contribution in [0.25, 0.3) is 0 Å². The average molecular weight is 444 g/mol. The summed E-state index contributed by atoms with van der Waals surface area (Å²) < 4.78 is 11.3. The van der Waals surface area contributed by atoms with Crippen LogP contribution in [-0.4, -0.2) is 59.0 Å². The Kier molecular flexibility index (Phi) is 5.87. The van der Waals surface area contributed by atoms with E-state index in [0.717, 1.165) is 37.9 Å². The second-order valence-electron chi connectivity index (χ2n) is 10.6. The Morgan fingerprint density at radius 1 is 1.22 bits per heavy atom. The lowest BCUT2D eigenvalue weighted by molar-refractivity contribution is -0.243. The fourth-order valence-electron chi connectivity index (χ4n) is 7.86. The van der Waals surface area contributed by atoms with Crippen LogP contribution in [0.15, 0.2) is 18.2 Å². The van der Waals surface area contributed by atoms with Crippen LogP contribution in [0.4, 0.5) is 0 Å². The summed E-state index contributed by atoms with van der Waals surface area (Å²) in [6.07, 6.45) is 6.60. The normalized spacial score (nSPS) is 38.6. The molecule has 0 aromatic heterocycles. The molecule has 1 aromatic carbocycles. The zero-order valence-electron chi connectivity index (χ0n) is 19.3. The van der Waals surface area contributed by atoms with Gasteiger partial charge in [-0.2, -0.15) is 0 Å². The van der Waals surface area contributed by atoms with Crippen molar-refractivity contribution in [2.75, 3.05) is 20.2 Å². The molecule has 1 aromatic rings. The average Bonchev–Trinajstić information content (AvgIpc) is 2.78. The van der Waals surface area contributed by atoms with Crippen LogP contribution < -0.4 is 4.74 Å². The summed E-state index contributed by atoms with van der Waals surface area (Å²) in [4.78, 5) is 15.6. The highest BCUT2D eigenvalue weighted by molar-refractivity contribution is 5.70. The van der Waals surface area contributed by atoms with E-state index in [4.69, 9.17) is 9.47 Å². The summed E-state index contributed by atoms with van der Waals surface area (Å²) in [5.74, 6) is 1.86. The number of phenols is 1. The first-order chi connectivity index (χ1) is 15.4. The lowest BCUT2D eigenvalue weighted by Crippen LogP contribution is -2.75. The molecule has 32 heavy (non-hydrogen) atoms. The van der Waals surface area contributed by atoms with Crippen LogP contribution in [0, 0.1) is 23.7 Å². The molecule has 0 amide bonds. The number of hydrogen-bond acceptors (Lipinski definition) is 6. The topological polar surface area (TPSA) is 79.2 Å². The van der Waals surface area contributed by atoms with Gasteiger partial charge in [-0.3, -0.25) is 9.69 Å². The lowest BCUT2D eigenvalue weighted by Gasteiger charge is -2.68. The third kappa shape index (κ3) is 3.50. The first kappa shape index (κ1) is 22.0. The van der Waals surface area contributed by atoms with Crippen LogP contribution in [0.1, 0.15) is 57.4 Å². The number of piperidine rings is 2. The Bertz CT molecular complexity index is 857.